The van der Waals surface area contributed by atoms with Crippen molar-refractivity contribution in [3.8, 4) is 5.75 Å². The molecule has 25 heavy (non-hydrogen) atoms. The highest BCUT2D eigenvalue weighted by atomic mass is 35.5. The van der Waals surface area contributed by atoms with E-state index in [1.54, 1.807) is 30.5 Å². The van der Waals surface area contributed by atoms with Gasteiger partial charge in [0.05, 0.1) is 33.7 Å². The van der Waals surface area contributed by atoms with Crippen molar-refractivity contribution in [2.75, 3.05) is 5.32 Å². The van der Waals surface area contributed by atoms with Crippen LogP contribution >= 0.6 is 23.2 Å². The number of carbonyl (C=O) groups excluding carboxylic acids is 1. The standard InChI is InChI=1S/C17H12Cl2FN3O2/c18-14-4-2-1-3-13(14)17(24)22-12-8-21-23(9-12)10-25-16-6-5-11(20)7-15(16)19/h1-9H,10H2,(H,22,24). The number of hydrogen-bond donors (Lipinski definition) is 1. The van der Waals surface area contributed by atoms with E-state index in [4.69, 9.17) is 27.9 Å². The molecule has 0 atom stereocenters. The van der Waals surface area contributed by atoms with Crippen LogP contribution < -0.4 is 10.1 Å². The van der Waals surface area contributed by atoms with E-state index < -0.39 is 5.82 Å². The van der Waals surface area contributed by atoms with E-state index >= 15 is 0 Å². The minimum atomic E-state index is -0.444. The number of anilines is 1. The third-order valence-electron chi connectivity index (χ3n) is 3.26. The maximum Gasteiger partial charge on any atom is 0.257 e. The third kappa shape index (κ3) is 4.29. The molecule has 128 valence electrons. The van der Waals surface area contributed by atoms with Gasteiger partial charge in [-0.2, -0.15) is 5.10 Å². The Labute approximate surface area is 152 Å². The van der Waals surface area contributed by atoms with Crippen molar-refractivity contribution in [2.45, 2.75) is 6.73 Å². The van der Waals surface area contributed by atoms with Crippen LogP contribution in [-0.4, -0.2) is 15.7 Å². The molecule has 0 spiro atoms. The summed E-state index contributed by atoms with van der Waals surface area (Å²) in [4.78, 5) is 12.2. The highest BCUT2D eigenvalue weighted by Crippen LogP contribution is 2.25. The minimum Gasteiger partial charge on any atom is -0.470 e. The number of rotatable bonds is 5. The lowest BCUT2D eigenvalue weighted by Crippen LogP contribution is -2.12. The van der Waals surface area contributed by atoms with Crippen molar-refractivity contribution in [1.29, 1.82) is 0 Å². The summed E-state index contributed by atoms with van der Waals surface area (Å²) >= 11 is 11.9. The van der Waals surface area contributed by atoms with E-state index in [2.05, 4.69) is 10.4 Å². The summed E-state index contributed by atoms with van der Waals surface area (Å²) in [5.41, 5.74) is 0.852. The van der Waals surface area contributed by atoms with Gasteiger partial charge in [0.1, 0.15) is 11.6 Å². The molecule has 0 saturated carbocycles. The summed E-state index contributed by atoms with van der Waals surface area (Å²) in [5.74, 6) is -0.450. The first kappa shape index (κ1) is 17.3. The van der Waals surface area contributed by atoms with E-state index in [1.807, 2.05) is 0 Å². The zero-order chi connectivity index (χ0) is 17.8. The van der Waals surface area contributed by atoms with E-state index in [-0.39, 0.29) is 17.7 Å². The first-order valence-electron chi connectivity index (χ1n) is 7.19. The molecule has 0 bridgehead atoms. The van der Waals surface area contributed by atoms with Gasteiger partial charge in [-0.1, -0.05) is 35.3 Å². The van der Waals surface area contributed by atoms with Crippen molar-refractivity contribution in [3.05, 3.63) is 76.3 Å². The number of aromatic nitrogens is 2. The Bertz CT molecular complexity index is 914. The molecule has 0 aliphatic carbocycles. The zero-order valence-corrected chi connectivity index (χ0v) is 14.3. The van der Waals surface area contributed by atoms with Gasteiger partial charge < -0.3 is 10.1 Å². The molecule has 2 aromatic carbocycles. The van der Waals surface area contributed by atoms with Crippen LogP contribution in [0.15, 0.2) is 54.9 Å². The number of nitrogens with one attached hydrogen (secondary N) is 1. The number of ether oxygens (including phenoxy) is 1. The topological polar surface area (TPSA) is 56.2 Å². The lowest BCUT2D eigenvalue weighted by molar-refractivity contribution is 0.102. The molecule has 0 aliphatic rings. The predicted octanol–water partition coefficient (Wildman–Crippen LogP) is 4.62. The minimum absolute atomic E-state index is 0.0489. The summed E-state index contributed by atoms with van der Waals surface area (Å²) < 4.78 is 19.9. The maximum absolute atomic E-state index is 13.0. The number of halogens is 3. The van der Waals surface area contributed by atoms with Gasteiger partial charge in [0.25, 0.3) is 5.91 Å². The van der Waals surface area contributed by atoms with Crippen molar-refractivity contribution in [2.24, 2.45) is 0 Å². The van der Waals surface area contributed by atoms with Gasteiger partial charge >= 0.3 is 0 Å². The van der Waals surface area contributed by atoms with E-state index in [9.17, 15) is 9.18 Å². The largest absolute Gasteiger partial charge is 0.470 e. The van der Waals surface area contributed by atoms with Crippen LogP contribution in [0.5, 0.6) is 5.75 Å². The molecule has 0 fully saturated rings. The molecular weight excluding hydrogens is 368 g/mol. The number of amides is 1. The van der Waals surface area contributed by atoms with Gasteiger partial charge in [-0.05, 0) is 30.3 Å². The summed E-state index contributed by atoms with van der Waals surface area (Å²) in [6.45, 7) is 0.0489. The van der Waals surface area contributed by atoms with Crippen LogP contribution in [-0.2, 0) is 6.73 Å². The summed E-state index contributed by atoms with van der Waals surface area (Å²) in [5, 5.41) is 7.30. The molecule has 8 heteroatoms. The molecule has 1 aromatic heterocycles. The first-order valence-corrected chi connectivity index (χ1v) is 7.95. The van der Waals surface area contributed by atoms with Crippen molar-refractivity contribution >= 4 is 34.8 Å². The second-order valence-corrected chi connectivity index (χ2v) is 5.87. The highest BCUT2D eigenvalue weighted by molar-refractivity contribution is 6.34. The first-order chi connectivity index (χ1) is 12.0. The van der Waals surface area contributed by atoms with Gasteiger partial charge in [-0.15, -0.1) is 0 Å². The number of carbonyl (C=O) groups is 1. The Morgan fingerprint density at radius 2 is 2.00 bits per heavy atom. The average Bonchev–Trinajstić information content (AvgIpc) is 3.02. The lowest BCUT2D eigenvalue weighted by Gasteiger charge is -2.07. The van der Waals surface area contributed by atoms with E-state index in [0.29, 0.717) is 22.0 Å². The number of benzene rings is 2. The van der Waals surface area contributed by atoms with Crippen LogP contribution in [0, 0.1) is 5.82 Å². The molecule has 3 rings (SSSR count). The Hall–Kier alpha value is -2.57. The normalized spacial score (nSPS) is 10.5. The van der Waals surface area contributed by atoms with E-state index in [1.165, 1.54) is 23.0 Å². The Kier molecular flexibility index (Phi) is 5.21. The zero-order valence-electron chi connectivity index (χ0n) is 12.7. The molecule has 1 amide bonds. The van der Waals surface area contributed by atoms with E-state index in [0.717, 1.165) is 6.07 Å². The average molecular weight is 380 g/mol. The van der Waals surface area contributed by atoms with Crippen LogP contribution in [0.2, 0.25) is 10.0 Å². The summed E-state index contributed by atoms with van der Waals surface area (Å²) in [6, 6.07) is 10.6. The second-order valence-electron chi connectivity index (χ2n) is 5.05. The Morgan fingerprint density at radius 1 is 1.20 bits per heavy atom. The van der Waals surface area contributed by atoms with Crippen molar-refractivity contribution in [3.63, 3.8) is 0 Å². The second kappa shape index (κ2) is 7.55. The van der Waals surface area contributed by atoms with Crippen LogP contribution in [0.25, 0.3) is 0 Å². The fraction of sp³-hybridized carbons (Fsp3) is 0.0588. The lowest BCUT2D eigenvalue weighted by atomic mass is 10.2. The molecule has 5 nitrogen and oxygen atoms in total. The van der Waals surface area contributed by atoms with Crippen molar-refractivity contribution in [1.82, 2.24) is 9.78 Å². The van der Waals surface area contributed by atoms with Gasteiger partial charge in [-0.3, -0.25) is 4.79 Å². The smallest absolute Gasteiger partial charge is 0.257 e. The number of nitrogens with zero attached hydrogens (tertiary/aromatic N) is 2. The molecule has 3 aromatic rings. The van der Waals surface area contributed by atoms with Crippen LogP contribution in [0.1, 0.15) is 10.4 Å². The number of hydrogen-bond acceptors (Lipinski definition) is 3. The van der Waals surface area contributed by atoms with Crippen molar-refractivity contribution < 1.29 is 13.9 Å². The fourth-order valence-electron chi connectivity index (χ4n) is 2.07. The monoisotopic (exact) mass is 379 g/mol. The molecular formula is C17H12Cl2FN3O2. The van der Waals surface area contributed by atoms with Crippen LogP contribution in [0.4, 0.5) is 10.1 Å². The fourth-order valence-corrected chi connectivity index (χ4v) is 2.51. The van der Waals surface area contributed by atoms with Gasteiger partial charge in [0.2, 0.25) is 0 Å². The summed E-state index contributed by atoms with van der Waals surface area (Å²) in [6.07, 6.45) is 3.07. The van der Waals surface area contributed by atoms with Gasteiger partial charge in [0.15, 0.2) is 6.73 Å². The SMILES string of the molecule is O=C(Nc1cnn(COc2ccc(F)cc2Cl)c1)c1ccccc1Cl. The predicted molar refractivity (Wildman–Crippen MR) is 93.7 cm³/mol. The van der Waals surface area contributed by atoms with Gasteiger partial charge in [-0.25, -0.2) is 9.07 Å². The molecule has 0 saturated heterocycles. The Morgan fingerprint density at radius 3 is 2.76 bits per heavy atom. The maximum atomic E-state index is 13.0. The van der Waals surface area contributed by atoms with Gasteiger partial charge in [0, 0.05) is 0 Å². The quantitative estimate of drug-likeness (QED) is 0.703. The molecule has 0 unspecified atom stereocenters. The molecule has 1 N–H and O–H groups in total. The molecule has 0 aliphatic heterocycles. The highest BCUT2D eigenvalue weighted by Gasteiger charge is 2.11. The van der Waals surface area contributed by atoms with Crippen LogP contribution in [0.3, 0.4) is 0 Å². The third-order valence-corrected chi connectivity index (χ3v) is 3.88. The summed E-state index contributed by atoms with van der Waals surface area (Å²) in [7, 11) is 0. The molecule has 1 heterocycles. The Balaban J connectivity index is 1.62. The molecule has 0 radical (unpaired) electrons.